The number of hydrogen-bond acceptors (Lipinski definition) is 4. The molecule has 0 fully saturated rings. The molecule has 0 aliphatic heterocycles. The Morgan fingerprint density at radius 1 is 1.00 bits per heavy atom. The number of aromatic hydroxyl groups is 2. The summed E-state index contributed by atoms with van der Waals surface area (Å²) in [5.74, 6) is 0.491. The van der Waals surface area contributed by atoms with Gasteiger partial charge in [0.1, 0.15) is 17.3 Å². The zero-order valence-electron chi connectivity index (χ0n) is 14.2. The molecular formula is C20H22O4. The summed E-state index contributed by atoms with van der Waals surface area (Å²) >= 11 is 0. The van der Waals surface area contributed by atoms with Gasteiger partial charge in [0.2, 0.25) is 0 Å². The van der Waals surface area contributed by atoms with Crippen molar-refractivity contribution in [1.29, 1.82) is 0 Å². The Bertz CT molecular complexity index is 796. The van der Waals surface area contributed by atoms with Crippen LogP contribution in [-0.2, 0) is 6.42 Å². The Morgan fingerprint density at radius 3 is 2.17 bits per heavy atom. The highest BCUT2D eigenvalue weighted by Gasteiger charge is 2.14. The highest BCUT2D eigenvalue weighted by molar-refractivity contribution is 5.67. The summed E-state index contributed by atoms with van der Waals surface area (Å²) in [5, 5.41) is 29.8. The van der Waals surface area contributed by atoms with Crippen LogP contribution in [0.5, 0.6) is 17.2 Å². The quantitative estimate of drug-likeness (QED) is 0.687. The lowest BCUT2D eigenvalue weighted by molar-refractivity contribution is 0.420. The van der Waals surface area contributed by atoms with Crippen molar-refractivity contribution in [2.75, 3.05) is 0 Å². The highest BCUT2D eigenvalue weighted by atomic mass is 16.5. The Labute approximate surface area is 142 Å². The first-order chi connectivity index (χ1) is 11.2. The lowest BCUT2D eigenvalue weighted by Gasteiger charge is -2.15. The van der Waals surface area contributed by atoms with Crippen LogP contribution in [0.15, 0.2) is 37.4 Å². The van der Waals surface area contributed by atoms with Gasteiger partial charge in [0.25, 0.3) is 0 Å². The molecule has 0 amide bonds. The van der Waals surface area contributed by atoms with Gasteiger partial charge in [0, 0.05) is 11.1 Å². The molecule has 2 aromatic carbocycles. The first-order valence-electron chi connectivity index (χ1n) is 7.66. The van der Waals surface area contributed by atoms with Crippen molar-refractivity contribution in [1.82, 2.24) is 0 Å². The number of hydrogen-bond donors (Lipinski definition) is 3. The smallest absolute Gasteiger partial charge is 0.170 e. The van der Waals surface area contributed by atoms with Gasteiger partial charge in [-0.05, 0) is 61.2 Å². The van der Waals surface area contributed by atoms with E-state index in [1.165, 1.54) is 6.07 Å². The van der Waals surface area contributed by atoms with Crippen molar-refractivity contribution in [3.05, 3.63) is 65.2 Å². The Kier molecular flexibility index (Phi) is 4.88. The molecular weight excluding hydrogens is 304 g/mol. The monoisotopic (exact) mass is 326 g/mol. The summed E-state index contributed by atoms with van der Waals surface area (Å²) in [6.45, 7) is 12.9. The molecule has 4 heteroatoms. The molecule has 0 unspecified atom stereocenters. The van der Waals surface area contributed by atoms with Crippen LogP contribution in [0.4, 0.5) is 0 Å². The molecule has 0 aliphatic rings. The molecule has 2 aromatic rings. The van der Waals surface area contributed by atoms with Crippen molar-refractivity contribution in [2.24, 2.45) is 0 Å². The second-order valence-corrected chi connectivity index (χ2v) is 5.76. The van der Waals surface area contributed by atoms with Crippen LogP contribution < -0.4 is 4.74 Å². The van der Waals surface area contributed by atoms with Crippen LogP contribution in [0.2, 0.25) is 0 Å². The van der Waals surface area contributed by atoms with Gasteiger partial charge in [-0.2, -0.15) is 0 Å². The van der Waals surface area contributed by atoms with E-state index in [9.17, 15) is 15.3 Å². The van der Waals surface area contributed by atoms with E-state index in [1.807, 2.05) is 19.9 Å². The van der Waals surface area contributed by atoms with Gasteiger partial charge >= 0.3 is 0 Å². The van der Waals surface area contributed by atoms with E-state index in [-0.39, 0.29) is 28.8 Å². The van der Waals surface area contributed by atoms with Gasteiger partial charge in [0.15, 0.2) is 11.5 Å². The fourth-order valence-corrected chi connectivity index (χ4v) is 2.60. The van der Waals surface area contributed by atoms with E-state index in [1.54, 1.807) is 19.1 Å². The normalized spacial score (nSPS) is 10.5. The molecule has 3 N–H and O–H groups in total. The molecule has 0 atom stereocenters. The van der Waals surface area contributed by atoms with Gasteiger partial charge < -0.3 is 20.1 Å². The average Bonchev–Trinajstić information content (AvgIpc) is 2.50. The molecule has 0 aliphatic carbocycles. The van der Waals surface area contributed by atoms with Crippen LogP contribution >= 0.6 is 0 Å². The van der Waals surface area contributed by atoms with Crippen molar-refractivity contribution >= 4 is 11.5 Å². The molecule has 0 aromatic heterocycles. The third kappa shape index (κ3) is 3.38. The maximum absolute atomic E-state index is 10.2. The van der Waals surface area contributed by atoms with Crippen LogP contribution in [0.25, 0.3) is 11.5 Å². The summed E-state index contributed by atoms with van der Waals surface area (Å²) in [6.07, 6.45) is 0.728. The maximum Gasteiger partial charge on any atom is 0.170 e. The zero-order chi connectivity index (χ0) is 18.0. The van der Waals surface area contributed by atoms with Crippen LogP contribution in [0.1, 0.15) is 34.7 Å². The van der Waals surface area contributed by atoms with E-state index in [0.29, 0.717) is 16.7 Å². The summed E-state index contributed by atoms with van der Waals surface area (Å²) in [6, 6.07) is 6.56. The van der Waals surface area contributed by atoms with Crippen LogP contribution in [0.3, 0.4) is 0 Å². The summed E-state index contributed by atoms with van der Waals surface area (Å²) in [7, 11) is 0. The van der Waals surface area contributed by atoms with Gasteiger partial charge in [0.05, 0.1) is 0 Å². The zero-order valence-corrected chi connectivity index (χ0v) is 14.2. The fourth-order valence-electron chi connectivity index (χ4n) is 2.60. The Morgan fingerprint density at radius 2 is 1.62 bits per heavy atom. The number of ether oxygens (including phenoxy) is 1. The van der Waals surface area contributed by atoms with Gasteiger partial charge in [-0.25, -0.2) is 0 Å². The number of aryl methyl sites for hydroxylation is 2. The number of phenols is 2. The van der Waals surface area contributed by atoms with Crippen molar-refractivity contribution in [3.8, 4) is 17.2 Å². The molecule has 0 spiro atoms. The summed E-state index contributed by atoms with van der Waals surface area (Å²) in [5.41, 5.74) is 3.44. The van der Waals surface area contributed by atoms with E-state index in [4.69, 9.17) is 4.74 Å². The topological polar surface area (TPSA) is 69.9 Å². The maximum atomic E-state index is 10.2. The fraction of sp³-hybridized carbons (Fsp3) is 0.200. The number of aliphatic hydroxyl groups excluding tert-OH is 1. The van der Waals surface area contributed by atoms with Crippen LogP contribution in [-0.4, -0.2) is 15.3 Å². The molecule has 0 saturated carbocycles. The lowest BCUT2D eigenvalue weighted by atomic mass is 10.0. The van der Waals surface area contributed by atoms with Gasteiger partial charge in [-0.3, -0.25) is 0 Å². The molecule has 0 bridgehead atoms. The van der Waals surface area contributed by atoms with Crippen LogP contribution in [0, 0.1) is 13.8 Å². The third-order valence-corrected chi connectivity index (χ3v) is 3.96. The van der Waals surface area contributed by atoms with E-state index in [2.05, 4.69) is 13.2 Å². The summed E-state index contributed by atoms with van der Waals surface area (Å²) < 4.78 is 5.68. The molecule has 2 rings (SSSR count). The first-order valence-corrected chi connectivity index (χ1v) is 7.66. The molecule has 0 heterocycles. The van der Waals surface area contributed by atoms with Gasteiger partial charge in [-0.1, -0.05) is 20.1 Å². The number of rotatable bonds is 5. The largest absolute Gasteiger partial charge is 0.508 e. The number of benzene rings is 2. The SMILES string of the molecule is C=C(O)c1cc(C)c(O)c(OC(=C)c2cc(C)c(CC)c(O)c2)c1. The van der Waals surface area contributed by atoms with E-state index < -0.39 is 0 Å². The predicted octanol–water partition coefficient (Wildman–Crippen LogP) is 4.86. The molecule has 4 nitrogen and oxygen atoms in total. The first kappa shape index (κ1) is 17.5. The van der Waals surface area contributed by atoms with Crippen molar-refractivity contribution < 1.29 is 20.1 Å². The Balaban J connectivity index is 2.38. The average molecular weight is 326 g/mol. The van der Waals surface area contributed by atoms with E-state index >= 15 is 0 Å². The van der Waals surface area contributed by atoms with E-state index in [0.717, 1.165) is 17.5 Å². The number of phenolic OH excluding ortho intramolecular Hbond substituents is 2. The molecule has 0 saturated heterocycles. The minimum Gasteiger partial charge on any atom is -0.508 e. The second-order valence-electron chi connectivity index (χ2n) is 5.76. The molecule has 126 valence electrons. The third-order valence-electron chi connectivity index (χ3n) is 3.96. The lowest BCUT2D eigenvalue weighted by Crippen LogP contribution is -1.98. The van der Waals surface area contributed by atoms with Crippen molar-refractivity contribution in [3.63, 3.8) is 0 Å². The standard InChI is InChI=1S/C20H22O4/c1-6-17-11(2)7-16(9-18(17)22)14(5)24-19-10-15(13(4)21)8-12(3)20(19)23/h7-10,21-23H,4-6H2,1-3H3. The second kappa shape index (κ2) is 6.71. The highest BCUT2D eigenvalue weighted by Crippen LogP contribution is 2.36. The molecule has 24 heavy (non-hydrogen) atoms. The Hall–Kier alpha value is -2.88. The predicted molar refractivity (Wildman–Crippen MR) is 96.4 cm³/mol. The van der Waals surface area contributed by atoms with Crippen molar-refractivity contribution in [2.45, 2.75) is 27.2 Å². The minimum absolute atomic E-state index is 0.0349. The molecule has 0 radical (unpaired) electrons. The van der Waals surface area contributed by atoms with Gasteiger partial charge in [-0.15, -0.1) is 0 Å². The number of aliphatic hydroxyl groups is 1. The summed E-state index contributed by atoms with van der Waals surface area (Å²) in [4.78, 5) is 0. The minimum atomic E-state index is -0.116.